The lowest BCUT2D eigenvalue weighted by Gasteiger charge is -2.17. The molecule has 0 saturated carbocycles. The Hall–Kier alpha value is -2.21. The number of aromatic nitrogens is 2. The molecule has 0 saturated heterocycles. The molecule has 0 spiro atoms. The molecule has 2 aromatic rings. The second kappa shape index (κ2) is 6.29. The molecular weight excluding hydrogens is 258 g/mol. The lowest BCUT2D eigenvalue weighted by atomic mass is 10.1. The smallest absolute Gasteiger partial charge is 0.358 e. The van der Waals surface area contributed by atoms with Gasteiger partial charge in [-0.1, -0.05) is 18.2 Å². The molecule has 0 radical (unpaired) electrons. The molecule has 0 amide bonds. The number of carboxylic acid groups (broad SMARTS) is 1. The number of carbonyl (C=O) groups is 1. The molecule has 0 fully saturated rings. The summed E-state index contributed by atoms with van der Waals surface area (Å²) in [5, 5.41) is 20.9. The first-order valence-corrected chi connectivity index (χ1v) is 6.46. The van der Waals surface area contributed by atoms with Crippen molar-refractivity contribution in [3.63, 3.8) is 0 Å². The van der Waals surface area contributed by atoms with Gasteiger partial charge in [-0.2, -0.15) is 0 Å². The molecule has 1 aromatic heterocycles. The molecule has 2 rings (SSSR count). The van der Waals surface area contributed by atoms with Crippen LogP contribution in [0.5, 0.6) is 0 Å². The molecule has 106 valence electrons. The van der Waals surface area contributed by atoms with Gasteiger partial charge in [-0.05, 0) is 19.9 Å². The van der Waals surface area contributed by atoms with E-state index in [-0.39, 0.29) is 11.7 Å². The summed E-state index contributed by atoms with van der Waals surface area (Å²) in [7, 11) is 0. The fourth-order valence-electron chi connectivity index (χ4n) is 1.93. The van der Waals surface area contributed by atoms with E-state index >= 15 is 0 Å². The van der Waals surface area contributed by atoms with E-state index in [4.69, 9.17) is 4.74 Å². The first kappa shape index (κ1) is 14.2. The minimum atomic E-state index is -1.10. The minimum absolute atomic E-state index is 0.0272. The number of anilines is 1. The fourth-order valence-corrected chi connectivity index (χ4v) is 1.93. The van der Waals surface area contributed by atoms with Crippen LogP contribution < -0.4 is 5.32 Å². The number of nitrogens with one attached hydrogen (secondary N) is 1. The molecule has 2 N–H and O–H groups in total. The summed E-state index contributed by atoms with van der Waals surface area (Å²) in [4.78, 5) is 11.3. The lowest BCUT2D eigenvalue weighted by molar-refractivity contribution is 0.0690. The van der Waals surface area contributed by atoms with Crippen LogP contribution in [-0.2, 0) is 4.74 Å². The molecule has 1 heterocycles. The van der Waals surface area contributed by atoms with Gasteiger partial charge in [0.1, 0.15) is 0 Å². The van der Waals surface area contributed by atoms with Crippen molar-refractivity contribution in [2.24, 2.45) is 0 Å². The Morgan fingerprint density at radius 1 is 1.40 bits per heavy atom. The highest BCUT2D eigenvalue weighted by atomic mass is 16.5. The highest BCUT2D eigenvalue weighted by Crippen LogP contribution is 2.25. The van der Waals surface area contributed by atoms with E-state index in [2.05, 4.69) is 15.5 Å². The number of hydrogen-bond donors (Lipinski definition) is 2. The molecule has 20 heavy (non-hydrogen) atoms. The van der Waals surface area contributed by atoms with Crippen LogP contribution in [0.15, 0.2) is 24.3 Å². The summed E-state index contributed by atoms with van der Waals surface area (Å²) in [6.07, 6.45) is 0. The zero-order valence-corrected chi connectivity index (χ0v) is 11.5. The number of rotatable bonds is 6. The van der Waals surface area contributed by atoms with Gasteiger partial charge in [0.05, 0.1) is 17.8 Å². The van der Waals surface area contributed by atoms with Gasteiger partial charge in [-0.15, -0.1) is 10.2 Å². The van der Waals surface area contributed by atoms with Crippen LogP contribution in [0.3, 0.4) is 0 Å². The van der Waals surface area contributed by atoms with Crippen molar-refractivity contribution in [1.82, 2.24) is 10.2 Å². The van der Waals surface area contributed by atoms with Crippen LogP contribution in [0.1, 0.15) is 24.3 Å². The van der Waals surface area contributed by atoms with Gasteiger partial charge in [-0.25, -0.2) is 4.79 Å². The van der Waals surface area contributed by atoms with E-state index in [9.17, 15) is 9.90 Å². The molecule has 0 aliphatic rings. The summed E-state index contributed by atoms with van der Waals surface area (Å²) >= 11 is 0. The summed E-state index contributed by atoms with van der Waals surface area (Å²) in [6, 6.07) is 7.28. The molecule has 0 aliphatic carbocycles. The molecule has 1 aromatic carbocycles. The SMILES string of the molecule is CCOCC(C)Nc1c(C(=O)O)nnc2ccccc12. The summed E-state index contributed by atoms with van der Waals surface area (Å²) in [5.74, 6) is -1.10. The van der Waals surface area contributed by atoms with Crippen molar-refractivity contribution >= 4 is 22.6 Å². The Bertz CT molecular complexity index is 616. The van der Waals surface area contributed by atoms with Crippen LogP contribution in [0, 0.1) is 0 Å². The highest BCUT2D eigenvalue weighted by Gasteiger charge is 2.18. The van der Waals surface area contributed by atoms with Crippen LogP contribution in [0.25, 0.3) is 10.9 Å². The highest BCUT2D eigenvalue weighted by molar-refractivity contribution is 6.02. The van der Waals surface area contributed by atoms with Gasteiger partial charge in [0.15, 0.2) is 5.69 Å². The van der Waals surface area contributed by atoms with Gasteiger partial charge in [-0.3, -0.25) is 0 Å². The number of ether oxygens (including phenoxy) is 1. The first-order valence-electron chi connectivity index (χ1n) is 6.46. The maximum atomic E-state index is 11.3. The number of aromatic carboxylic acids is 1. The Morgan fingerprint density at radius 2 is 2.15 bits per heavy atom. The van der Waals surface area contributed by atoms with Crippen LogP contribution >= 0.6 is 0 Å². The van der Waals surface area contributed by atoms with Crippen molar-refractivity contribution in [2.45, 2.75) is 19.9 Å². The van der Waals surface area contributed by atoms with Crippen molar-refractivity contribution in [1.29, 1.82) is 0 Å². The van der Waals surface area contributed by atoms with Crippen molar-refractivity contribution in [3.05, 3.63) is 30.0 Å². The third kappa shape index (κ3) is 3.03. The normalized spacial score (nSPS) is 12.3. The van der Waals surface area contributed by atoms with Gasteiger partial charge in [0, 0.05) is 18.0 Å². The largest absolute Gasteiger partial charge is 0.476 e. The van der Waals surface area contributed by atoms with Gasteiger partial charge in [0.2, 0.25) is 0 Å². The second-order valence-corrected chi connectivity index (χ2v) is 4.45. The third-order valence-electron chi connectivity index (χ3n) is 2.83. The lowest BCUT2D eigenvalue weighted by Crippen LogP contribution is -2.24. The van der Waals surface area contributed by atoms with Gasteiger partial charge in [0.25, 0.3) is 0 Å². The molecule has 1 atom stereocenters. The quantitative estimate of drug-likeness (QED) is 0.840. The predicted molar refractivity (Wildman–Crippen MR) is 76.1 cm³/mol. The molecule has 1 unspecified atom stereocenters. The number of benzene rings is 1. The Kier molecular flexibility index (Phi) is 4.47. The Labute approximate surface area is 116 Å². The molecule has 6 nitrogen and oxygen atoms in total. The van der Waals surface area contributed by atoms with Crippen molar-refractivity contribution in [3.8, 4) is 0 Å². The maximum absolute atomic E-state index is 11.3. The van der Waals surface area contributed by atoms with Crippen LogP contribution in [-0.4, -0.2) is 40.5 Å². The predicted octanol–water partition coefficient (Wildman–Crippen LogP) is 2.16. The van der Waals surface area contributed by atoms with Crippen LogP contribution in [0.4, 0.5) is 5.69 Å². The van der Waals surface area contributed by atoms with E-state index in [0.717, 1.165) is 5.39 Å². The number of fused-ring (bicyclic) bond motifs is 1. The van der Waals surface area contributed by atoms with E-state index in [1.165, 1.54) is 0 Å². The van der Waals surface area contributed by atoms with E-state index in [1.807, 2.05) is 32.0 Å². The van der Waals surface area contributed by atoms with E-state index in [1.54, 1.807) is 6.07 Å². The van der Waals surface area contributed by atoms with Crippen molar-refractivity contribution in [2.75, 3.05) is 18.5 Å². The van der Waals surface area contributed by atoms with E-state index in [0.29, 0.717) is 24.4 Å². The third-order valence-corrected chi connectivity index (χ3v) is 2.83. The summed E-state index contributed by atoms with van der Waals surface area (Å²) < 4.78 is 5.33. The number of nitrogens with zero attached hydrogens (tertiary/aromatic N) is 2. The Morgan fingerprint density at radius 3 is 2.85 bits per heavy atom. The maximum Gasteiger partial charge on any atom is 0.358 e. The number of hydrogen-bond acceptors (Lipinski definition) is 5. The number of carboxylic acids is 1. The standard InChI is InChI=1S/C14H17N3O3/c1-3-20-8-9(2)15-12-10-6-4-5-7-11(10)16-17-13(12)14(18)19/h4-7,9H,3,8H2,1-2H3,(H,15,16)(H,18,19). The molecule has 6 heteroatoms. The second-order valence-electron chi connectivity index (χ2n) is 4.45. The summed E-state index contributed by atoms with van der Waals surface area (Å²) in [5.41, 5.74) is 1.06. The topological polar surface area (TPSA) is 84.3 Å². The average Bonchev–Trinajstić information content (AvgIpc) is 2.45. The van der Waals surface area contributed by atoms with Crippen LogP contribution in [0.2, 0.25) is 0 Å². The monoisotopic (exact) mass is 275 g/mol. The molecular formula is C14H17N3O3. The zero-order valence-electron chi connectivity index (χ0n) is 11.5. The average molecular weight is 275 g/mol. The Balaban J connectivity index is 2.41. The summed E-state index contributed by atoms with van der Waals surface area (Å²) in [6.45, 7) is 4.95. The zero-order chi connectivity index (χ0) is 14.5. The molecule has 0 aliphatic heterocycles. The van der Waals surface area contributed by atoms with E-state index < -0.39 is 5.97 Å². The van der Waals surface area contributed by atoms with Crippen molar-refractivity contribution < 1.29 is 14.6 Å². The molecule has 0 bridgehead atoms. The van der Waals surface area contributed by atoms with Gasteiger partial charge >= 0.3 is 5.97 Å². The minimum Gasteiger partial charge on any atom is -0.476 e. The first-order chi connectivity index (χ1) is 9.63. The fraction of sp³-hybridized carbons (Fsp3) is 0.357. The van der Waals surface area contributed by atoms with Gasteiger partial charge < -0.3 is 15.2 Å².